The molecule has 0 amide bonds. The van der Waals surface area contributed by atoms with Crippen LogP contribution in [0.25, 0.3) is 6.20 Å². The number of nitrogens with zero attached hydrogens (tertiary/aromatic N) is 3. The number of rotatable bonds is 5. The summed E-state index contributed by atoms with van der Waals surface area (Å²) in [5.74, 6) is 0. The maximum atomic E-state index is 4.76. The van der Waals surface area contributed by atoms with Crippen LogP contribution in [0.3, 0.4) is 0 Å². The Morgan fingerprint density at radius 2 is 1.72 bits per heavy atom. The van der Waals surface area contributed by atoms with Gasteiger partial charge in [0.05, 0.1) is 0 Å². The minimum Gasteiger partial charge on any atom is -0.327 e. The zero-order valence-corrected chi connectivity index (χ0v) is 15.1. The summed E-state index contributed by atoms with van der Waals surface area (Å²) in [6, 6.07) is 21.1. The highest BCUT2D eigenvalue weighted by Crippen LogP contribution is 2.15. The standard InChI is InChI=1S/C21H21N3S/c1-23(12-17-8-4-2-5-9-17)13-18-15-25-21-20(18)14-24(16-22-21)19-10-6-3-7-11-19/h2-11,14-15H,12-13,16H2,1H3. The molecule has 0 unspecified atom stereocenters. The number of thiophene rings is 1. The van der Waals surface area contributed by atoms with Gasteiger partial charge in [-0.2, -0.15) is 0 Å². The normalized spacial score (nSPS) is 13.3. The van der Waals surface area contributed by atoms with E-state index >= 15 is 0 Å². The smallest absolute Gasteiger partial charge is 0.121 e. The van der Waals surface area contributed by atoms with Gasteiger partial charge in [0.1, 0.15) is 11.3 Å². The van der Waals surface area contributed by atoms with Gasteiger partial charge in [-0.15, -0.1) is 11.3 Å². The first-order valence-corrected chi connectivity index (χ1v) is 9.34. The molecule has 2 heterocycles. The van der Waals surface area contributed by atoms with E-state index in [9.17, 15) is 0 Å². The lowest BCUT2D eigenvalue weighted by molar-refractivity contribution is 0.318. The van der Waals surface area contributed by atoms with Crippen molar-refractivity contribution in [2.75, 3.05) is 18.6 Å². The molecule has 126 valence electrons. The molecule has 25 heavy (non-hydrogen) atoms. The molecular weight excluding hydrogens is 326 g/mol. The van der Waals surface area contributed by atoms with E-state index in [1.165, 1.54) is 22.0 Å². The van der Waals surface area contributed by atoms with Crippen molar-refractivity contribution in [1.29, 1.82) is 0 Å². The van der Waals surface area contributed by atoms with Gasteiger partial charge in [-0.05, 0) is 35.7 Å². The summed E-state index contributed by atoms with van der Waals surface area (Å²) in [5, 5.41) is 3.51. The van der Waals surface area contributed by atoms with Crippen LogP contribution >= 0.6 is 11.3 Å². The second-order valence-electron chi connectivity index (χ2n) is 6.37. The van der Waals surface area contributed by atoms with E-state index in [2.05, 4.69) is 83.0 Å². The molecule has 3 nitrogen and oxygen atoms in total. The Bertz CT molecular complexity index is 948. The average molecular weight is 347 g/mol. The van der Waals surface area contributed by atoms with Gasteiger partial charge in [0.25, 0.3) is 0 Å². The van der Waals surface area contributed by atoms with Crippen molar-refractivity contribution < 1.29 is 0 Å². The molecule has 0 atom stereocenters. The third kappa shape index (κ3) is 3.65. The average Bonchev–Trinajstić information content (AvgIpc) is 3.05. The highest BCUT2D eigenvalue weighted by Gasteiger charge is 2.11. The van der Waals surface area contributed by atoms with Crippen LogP contribution < -0.4 is 14.8 Å². The van der Waals surface area contributed by atoms with E-state index in [4.69, 9.17) is 4.99 Å². The van der Waals surface area contributed by atoms with Crippen LogP contribution in [0.1, 0.15) is 11.1 Å². The van der Waals surface area contributed by atoms with E-state index in [1.54, 1.807) is 11.3 Å². The molecule has 1 aliphatic rings. The van der Waals surface area contributed by atoms with Crippen LogP contribution in [0.2, 0.25) is 0 Å². The van der Waals surface area contributed by atoms with E-state index in [0.29, 0.717) is 6.67 Å². The number of para-hydroxylation sites is 1. The zero-order chi connectivity index (χ0) is 17.1. The quantitative estimate of drug-likeness (QED) is 0.706. The van der Waals surface area contributed by atoms with Crippen LogP contribution in [0.5, 0.6) is 0 Å². The molecule has 0 saturated heterocycles. The Labute approximate surface area is 152 Å². The maximum absolute atomic E-state index is 4.76. The molecule has 0 bridgehead atoms. The summed E-state index contributed by atoms with van der Waals surface area (Å²) in [6.07, 6.45) is 2.25. The monoisotopic (exact) mass is 347 g/mol. The van der Waals surface area contributed by atoms with Crippen molar-refractivity contribution in [3.8, 4) is 0 Å². The Hall–Kier alpha value is -2.43. The summed E-state index contributed by atoms with van der Waals surface area (Å²) in [7, 11) is 2.17. The second-order valence-corrected chi connectivity index (χ2v) is 7.23. The van der Waals surface area contributed by atoms with E-state index in [-0.39, 0.29) is 0 Å². The SMILES string of the molecule is CN(Cc1ccccc1)Cc1csc2c1=CN(c1ccccc1)CN=2. The van der Waals surface area contributed by atoms with Gasteiger partial charge < -0.3 is 4.90 Å². The molecule has 0 fully saturated rings. The fourth-order valence-corrected chi connectivity index (χ4v) is 4.03. The Morgan fingerprint density at radius 1 is 1.00 bits per heavy atom. The van der Waals surface area contributed by atoms with Gasteiger partial charge in [-0.3, -0.25) is 9.89 Å². The van der Waals surface area contributed by atoms with Crippen molar-refractivity contribution in [2.45, 2.75) is 13.1 Å². The predicted molar refractivity (Wildman–Crippen MR) is 105 cm³/mol. The molecule has 0 saturated carbocycles. The minimum absolute atomic E-state index is 0.691. The summed E-state index contributed by atoms with van der Waals surface area (Å²) in [5.41, 5.74) is 3.88. The molecule has 0 N–H and O–H groups in total. The Morgan fingerprint density at radius 3 is 2.48 bits per heavy atom. The largest absolute Gasteiger partial charge is 0.327 e. The van der Waals surface area contributed by atoms with Crippen LogP contribution in [0, 0.1) is 0 Å². The fraction of sp³-hybridized carbons (Fsp3) is 0.190. The van der Waals surface area contributed by atoms with E-state index in [0.717, 1.165) is 17.8 Å². The number of fused-ring (bicyclic) bond motifs is 1. The molecule has 0 spiro atoms. The maximum Gasteiger partial charge on any atom is 0.121 e. The lowest BCUT2D eigenvalue weighted by atomic mass is 10.2. The summed E-state index contributed by atoms with van der Waals surface area (Å²) >= 11 is 1.75. The lowest BCUT2D eigenvalue weighted by Gasteiger charge is -2.21. The molecule has 2 aromatic carbocycles. The molecule has 3 aromatic rings. The zero-order valence-electron chi connectivity index (χ0n) is 14.3. The van der Waals surface area contributed by atoms with Gasteiger partial charge in [0, 0.05) is 30.2 Å². The predicted octanol–water partition coefficient (Wildman–Crippen LogP) is 3.22. The first kappa shape index (κ1) is 16.1. The third-order valence-corrected chi connectivity index (χ3v) is 5.34. The molecule has 0 aliphatic carbocycles. The first-order valence-electron chi connectivity index (χ1n) is 8.46. The number of hydrogen-bond acceptors (Lipinski definition) is 4. The fourth-order valence-electron chi connectivity index (χ4n) is 3.13. The van der Waals surface area contributed by atoms with Crippen LogP contribution in [-0.4, -0.2) is 18.6 Å². The van der Waals surface area contributed by atoms with Crippen molar-refractivity contribution in [3.63, 3.8) is 0 Å². The Kier molecular flexibility index (Phi) is 4.63. The lowest BCUT2D eigenvalue weighted by Crippen LogP contribution is -2.35. The number of benzene rings is 2. The van der Waals surface area contributed by atoms with Crippen molar-refractivity contribution in [2.24, 2.45) is 4.99 Å². The molecule has 4 rings (SSSR count). The highest BCUT2D eigenvalue weighted by atomic mass is 32.1. The number of anilines is 1. The molecule has 1 aliphatic heterocycles. The third-order valence-electron chi connectivity index (χ3n) is 4.36. The van der Waals surface area contributed by atoms with Crippen LogP contribution in [0.15, 0.2) is 71.0 Å². The first-order chi connectivity index (χ1) is 12.3. The number of hydrogen-bond donors (Lipinski definition) is 0. The summed E-state index contributed by atoms with van der Waals surface area (Å²) in [4.78, 5) is 9.33. The van der Waals surface area contributed by atoms with Gasteiger partial charge in [0.2, 0.25) is 0 Å². The van der Waals surface area contributed by atoms with Crippen molar-refractivity contribution in [1.82, 2.24) is 4.90 Å². The van der Waals surface area contributed by atoms with Crippen molar-refractivity contribution in [3.05, 3.63) is 87.1 Å². The summed E-state index contributed by atoms with van der Waals surface area (Å²) in [6.45, 7) is 2.57. The van der Waals surface area contributed by atoms with Crippen molar-refractivity contribution >= 4 is 23.2 Å². The highest BCUT2D eigenvalue weighted by molar-refractivity contribution is 7.07. The Balaban J connectivity index is 1.56. The van der Waals surface area contributed by atoms with Crippen LogP contribution in [-0.2, 0) is 13.1 Å². The van der Waals surface area contributed by atoms with Crippen LogP contribution in [0.4, 0.5) is 5.69 Å². The van der Waals surface area contributed by atoms with E-state index < -0.39 is 0 Å². The molecule has 1 aromatic heterocycles. The van der Waals surface area contributed by atoms with Gasteiger partial charge in [-0.1, -0.05) is 48.5 Å². The molecule has 4 heteroatoms. The summed E-state index contributed by atoms with van der Waals surface area (Å²) < 4.78 is 1.15. The second kappa shape index (κ2) is 7.21. The molecular formula is C21H21N3S. The minimum atomic E-state index is 0.691. The van der Waals surface area contributed by atoms with E-state index in [1.807, 2.05) is 6.07 Å². The van der Waals surface area contributed by atoms with Gasteiger partial charge in [0.15, 0.2) is 0 Å². The molecule has 0 radical (unpaired) electrons. The van der Waals surface area contributed by atoms with Gasteiger partial charge in [-0.25, -0.2) is 0 Å². The topological polar surface area (TPSA) is 18.8 Å². The van der Waals surface area contributed by atoms with Gasteiger partial charge >= 0.3 is 0 Å².